The number of aromatic nitrogens is 3. The predicted molar refractivity (Wildman–Crippen MR) is 98.8 cm³/mol. The first kappa shape index (κ1) is 18.2. The van der Waals surface area contributed by atoms with Gasteiger partial charge in [0.2, 0.25) is 5.91 Å². The van der Waals surface area contributed by atoms with Gasteiger partial charge in [0.25, 0.3) is 0 Å². The molecule has 2 aromatic rings. The Morgan fingerprint density at radius 1 is 1.36 bits per heavy atom. The van der Waals surface area contributed by atoms with Crippen LogP contribution in [0.5, 0.6) is 0 Å². The highest BCUT2D eigenvalue weighted by Crippen LogP contribution is 2.26. The summed E-state index contributed by atoms with van der Waals surface area (Å²) >= 11 is 7.38. The van der Waals surface area contributed by atoms with Gasteiger partial charge in [0, 0.05) is 36.9 Å². The molecule has 0 spiro atoms. The predicted octanol–water partition coefficient (Wildman–Crippen LogP) is 3.01. The van der Waals surface area contributed by atoms with Crippen LogP contribution in [0.3, 0.4) is 0 Å². The summed E-state index contributed by atoms with van der Waals surface area (Å²) < 4.78 is 7.19. The van der Waals surface area contributed by atoms with E-state index in [4.69, 9.17) is 16.3 Å². The molecule has 1 aromatic heterocycles. The number of halogens is 1. The zero-order valence-corrected chi connectivity index (χ0v) is 15.6. The second-order valence-electron chi connectivity index (χ2n) is 5.94. The van der Waals surface area contributed by atoms with Crippen LogP contribution in [0.4, 0.5) is 0 Å². The molecule has 8 heteroatoms. The van der Waals surface area contributed by atoms with E-state index in [-0.39, 0.29) is 5.91 Å². The van der Waals surface area contributed by atoms with E-state index >= 15 is 0 Å². The molecule has 1 heterocycles. The number of carbonyl (C=O) groups excluding carboxylic acids is 1. The molecule has 6 nitrogen and oxygen atoms in total. The summed E-state index contributed by atoms with van der Waals surface area (Å²) in [5.74, 6) is 1.17. The third-order valence-corrected chi connectivity index (χ3v) is 5.04. The molecule has 0 saturated heterocycles. The lowest BCUT2D eigenvalue weighted by atomic mass is 10.2. The fraction of sp³-hybridized carbons (Fsp3) is 0.471. The number of amides is 1. The smallest absolute Gasteiger partial charge is 0.230 e. The van der Waals surface area contributed by atoms with E-state index in [9.17, 15) is 4.79 Å². The molecule has 1 fully saturated rings. The maximum absolute atomic E-state index is 11.9. The normalized spacial score (nSPS) is 13.8. The minimum absolute atomic E-state index is 0.0481. The summed E-state index contributed by atoms with van der Waals surface area (Å²) in [6.45, 7) is 1.38. The number of carbonyl (C=O) groups is 1. The van der Waals surface area contributed by atoms with Crippen molar-refractivity contribution in [2.45, 2.75) is 37.0 Å². The highest BCUT2D eigenvalue weighted by molar-refractivity contribution is 7.99. The molecule has 1 aliphatic rings. The van der Waals surface area contributed by atoms with Crippen molar-refractivity contribution in [3.8, 4) is 11.4 Å². The van der Waals surface area contributed by atoms with Crippen LogP contribution in [0.15, 0.2) is 29.4 Å². The second-order valence-corrected chi connectivity index (χ2v) is 7.32. The van der Waals surface area contributed by atoms with Gasteiger partial charge < -0.3 is 14.6 Å². The van der Waals surface area contributed by atoms with Crippen LogP contribution in [0.2, 0.25) is 5.02 Å². The Balaban J connectivity index is 1.73. The molecular weight excluding hydrogens is 360 g/mol. The summed E-state index contributed by atoms with van der Waals surface area (Å²) in [6, 6.07) is 7.89. The highest BCUT2D eigenvalue weighted by Gasteiger charge is 2.23. The number of nitrogens with one attached hydrogen (secondary N) is 1. The van der Waals surface area contributed by atoms with E-state index < -0.39 is 0 Å². The highest BCUT2D eigenvalue weighted by atomic mass is 35.5. The van der Waals surface area contributed by atoms with Gasteiger partial charge in [-0.25, -0.2) is 0 Å². The molecule has 1 N–H and O–H groups in total. The topological polar surface area (TPSA) is 69.0 Å². The van der Waals surface area contributed by atoms with Gasteiger partial charge in [-0.1, -0.05) is 23.4 Å². The van der Waals surface area contributed by atoms with Crippen molar-refractivity contribution in [1.29, 1.82) is 0 Å². The first-order valence-corrected chi connectivity index (χ1v) is 9.64. The molecule has 0 aliphatic heterocycles. The summed E-state index contributed by atoms with van der Waals surface area (Å²) in [5.41, 5.74) is 0.948. The molecule has 0 atom stereocenters. The monoisotopic (exact) mass is 380 g/mol. The number of thioether (sulfide) groups is 1. The van der Waals surface area contributed by atoms with E-state index in [1.807, 2.05) is 28.8 Å². The molecule has 25 heavy (non-hydrogen) atoms. The van der Waals surface area contributed by atoms with E-state index in [1.165, 1.54) is 11.8 Å². The molecule has 1 aliphatic carbocycles. The fourth-order valence-electron chi connectivity index (χ4n) is 2.40. The van der Waals surface area contributed by atoms with Crippen LogP contribution in [-0.2, 0) is 16.1 Å². The van der Waals surface area contributed by atoms with Crippen LogP contribution in [0, 0.1) is 0 Å². The molecule has 1 aromatic carbocycles. The van der Waals surface area contributed by atoms with Gasteiger partial charge >= 0.3 is 0 Å². The van der Waals surface area contributed by atoms with Crippen molar-refractivity contribution < 1.29 is 9.53 Å². The van der Waals surface area contributed by atoms with Gasteiger partial charge in [-0.2, -0.15) is 0 Å². The van der Waals surface area contributed by atoms with Gasteiger partial charge in [-0.05, 0) is 43.5 Å². The molecule has 0 radical (unpaired) electrons. The van der Waals surface area contributed by atoms with Crippen molar-refractivity contribution >= 4 is 29.3 Å². The maximum atomic E-state index is 11.9. The van der Waals surface area contributed by atoms with Gasteiger partial charge in [-0.3, -0.25) is 4.79 Å². The SMILES string of the molecule is COCCCn1c(SCC(=O)NC2CC2)nnc1-c1ccc(Cl)cc1. The lowest BCUT2D eigenvalue weighted by Gasteiger charge is -2.10. The zero-order chi connectivity index (χ0) is 17.6. The average molecular weight is 381 g/mol. The van der Waals surface area contributed by atoms with E-state index in [2.05, 4.69) is 15.5 Å². The molecular formula is C17H21ClN4O2S. The van der Waals surface area contributed by atoms with E-state index in [1.54, 1.807) is 7.11 Å². The van der Waals surface area contributed by atoms with E-state index in [0.29, 0.717) is 23.4 Å². The second kappa shape index (κ2) is 8.69. The average Bonchev–Trinajstić information content (AvgIpc) is 3.33. The van der Waals surface area contributed by atoms with Crippen LogP contribution >= 0.6 is 23.4 Å². The molecule has 1 amide bonds. The van der Waals surface area contributed by atoms with Gasteiger partial charge in [0.1, 0.15) is 0 Å². The van der Waals surface area contributed by atoms with Crippen LogP contribution in [0.25, 0.3) is 11.4 Å². The van der Waals surface area contributed by atoms with E-state index in [0.717, 1.165) is 42.4 Å². The Bertz CT molecular complexity index is 716. The van der Waals surface area contributed by atoms with Crippen molar-refractivity contribution in [3.63, 3.8) is 0 Å². The molecule has 134 valence electrons. The largest absolute Gasteiger partial charge is 0.385 e. The first-order valence-electron chi connectivity index (χ1n) is 8.27. The molecule has 1 saturated carbocycles. The molecule has 0 unspecified atom stereocenters. The third-order valence-electron chi connectivity index (χ3n) is 3.82. The lowest BCUT2D eigenvalue weighted by molar-refractivity contribution is -0.118. The minimum atomic E-state index is 0.0481. The van der Waals surface area contributed by atoms with Crippen LogP contribution < -0.4 is 5.32 Å². The number of hydrogen-bond acceptors (Lipinski definition) is 5. The molecule has 3 rings (SSSR count). The van der Waals surface area contributed by atoms with Crippen molar-refractivity contribution in [2.75, 3.05) is 19.5 Å². The zero-order valence-electron chi connectivity index (χ0n) is 14.1. The number of methoxy groups -OCH3 is 1. The Hall–Kier alpha value is -1.57. The standard InChI is InChI=1S/C17H21ClN4O2S/c1-24-10-2-9-22-16(12-3-5-13(18)6-4-12)20-21-17(22)25-11-15(23)19-14-7-8-14/h3-6,14H,2,7-11H2,1H3,(H,19,23). The Morgan fingerprint density at radius 2 is 2.12 bits per heavy atom. The van der Waals surface area contributed by atoms with Crippen molar-refractivity contribution in [1.82, 2.24) is 20.1 Å². The lowest BCUT2D eigenvalue weighted by Crippen LogP contribution is -2.27. The first-order chi connectivity index (χ1) is 12.2. The fourth-order valence-corrected chi connectivity index (χ4v) is 3.31. The van der Waals surface area contributed by atoms with Crippen LogP contribution in [-0.4, -0.2) is 46.2 Å². The third kappa shape index (κ3) is 5.20. The van der Waals surface area contributed by atoms with Crippen LogP contribution in [0.1, 0.15) is 19.3 Å². The number of rotatable bonds is 9. The number of hydrogen-bond donors (Lipinski definition) is 1. The summed E-state index contributed by atoms with van der Waals surface area (Å²) in [7, 11) is 1.68. The quantitative estimate of drug-likeness (QED) is 0.535. The number of nitrogens with zero attached hydrogens (tertiary/aromatic N) is 3. The summed E-state index contributed by atoms with van der Waals surface area (Å²) in [6.07, 6.45) is 3.02. The van der Waals surface area contributed by atoms with Gasteiger partial charge in [0.05, 0.1) is 5.75 Å². The Kier molecular flexibility index (Phi) is 6.34. The van der Waals surface area contributed by atoms with Crippen molar-refractivity contribution in [2.24, 2.45) is 0 Å². The minimum Gasteiger partial charge on any atom is -0.385 e. The Labute approximate surface area is 156 Å². The number of benzene rings is 1. The summed E-state index contributed by atoms with van der Waals surface area (Å²) in [4.78, 5) is 11.9. The Morgan fingerprint density at radius 3 is 2.80 bits per heavy atom. The number of ether oxygens (including phenoxy) is 1. The van der Waals surface area contributed by atoms with Gasteiger partial charge in [-0.15, -0.1) is 10.2 Å². The maximum Gasteiger partial charge on any atom is 0.230 e. The summed E-state index contributed by atoms with van der Waals surface area (Å²) in [5, 5.41) is 13.0. The van der Waals surface area contributed by atoms with Gasteiger partial charge in [0.15, 0.2) is 11.0 Å². The molecule has 0 bridgehead atoms. The van der Waals surface area contributed by atoms with Crippen molar-refractivity contribution in [3.05, 3.63) is 29.3 Å².